The fourth-order valence-corrected chi connectivity index (χ4v) is 4.23. The minimum Gasteiger partial charge on any atom is -0.352 e. The third kappa shape index (κ3) is 6.67. The average molecular weight is 445 g/mol. The van der Waals surface area contributed by atoms with E-state index in [2.05, 4.69) is 48.6 Å². The van der Waals surface area contributed by atoms with Crippen molar-refractivity contribution in [3.63, 3.8) is 0 Å². The second-order valence-corrected chi connectivity index (χ2v) is 8.70. The summed E-state index contributed by atoms with van der Waals surface area (Å²) in [7, 11) is 0. The summed E-state index contributed by atoms with van der Waals surface area (Å²) in [6.45, 7) is 6.56. The SMILES string of the molecule is CC[C@H](C)NC(=O)[C@H](CC)N(CCc1ccccc1)C(=O)CCc1cccc2ccccc12. The van der Waals surface area contributed by atoms with Gasteiger partial charge >= 0.3 is 0 Å². The predicted molar refractivity (Wildman–Crippen MR) is 136 cm³/mol. The number of benzene rings is 3. The number of nitrogens with zero attached hydrogens (tertiary/aromatic N) is 1. The summed E-state index contributed by atoms with van der Waals surface area (Å²) in [5.74, 6) is -0.0246. The van der Waals surface area contributed by atoms with Gasteiger partial charge in [-0.05, 0) is 54.5 Å². The van der Waals surface area contributed by atoms with Crippen molar-refractivity contribution >= 4 is 22.6 Å². The van der Waals surface area contributed by atoms with Gasteiger partial charge in [-0.3, -0.25) is 9.59 Å². The van der Waals surface area contributed by atoms with Crippen LogP contribution in [0.5, 0.6) is 0 Å². The van der Waals surface area contributed by atoms with E-state index in [0.717, 1.165) is 12.8 Å². The molecule has 0 aromatic heterocycles. The summed E-state index contributed by atoms with van der Waals surface area (Å²) in [5, 5.41) is 5.45. The number of amides is 2. The lowest BCUT2D eigenvalue weighted by atomic mass is 10.00. The van der Waals surface area contributed by atoms with Gasteiger partial charge in [0.25, 0.3) is 0 Å². The third-order valence-corrected chi connectivity index (χ3v) is 6.36. The highest BCUT2D eigenvalue weighted by Crippen LogP contribution is 2.21. The first-order valence-electron chi connectivity index (χ1n) is 12.1. The fraction of sp³-hybridized carbons (Fsp3) is 0.379. The molecule has 0 aliphatic carbocycles. The molecule has 3 rings (SSSR count). The van der Waals surface area contributed by atoms with Crippen LogP contribution in [0.15, 0.2) is 72.8 Å². The second-order valence-electron chi connectivity index (χ2n) is 8.70. The molecule has 0 spiro atoms. The number of nitrogens with one attached hydrogen (secondary N) is 1. The van der Waals surface area contributed by atoms with Gasteiger partial charge in [0.2, 0.25) is 11.8 Å². The molecule has 0 aliphatic rings. The molecular weight excluding hydrogens is 408 g/mol. The molecular formula is C29H36N2O2. The molecule has 1 N–H and O–H groups in total. The van der Waals surface area contributed by atoms with Crippen molar-refractivity contribution in [2.75, 3.05) is 6.54 Å². The summed E-state index contributed by atoms with van der Waals surface area (Å²) < 4.78 is 0. The van der Waals surface area contributed by atoms with Crippen LogP contribution in [0.4, 0.5) is 0 Å². The Morgan fingerprint density at radius 3 is 2.27 bits per heavy atom. The van der Waals surface area contributed by atoms with Crippen LogP contribution in [-0.2, 0) is 22.4 Å². The van der Waals surface area contributed by atoms with Crippen LogP contribution >= 0.6 is 0 Å². The highest BCUT2D eigenvalue weighted by atomic mass is 16.2. The molecule has 0 saturated heterocycles. The number of hydrogen-bond acceptors (Lipinski definition) is 2. The molecule has 4 heteroatoms. The molecule has 2 atom stereocenters. The monoisotopic (exact) mass is 444 g/mol. The molecule has 33 heavy (non-hydrogen) atoms. The van der Waals surface area contributed by atoms with Gasteiger partial charge in [0.15, 0.2) is 0 Å². The van der Waals surface area contributed by atoms with Crippen LogP contribution in [0.3, 0.4) is 0 Å². The van der Waals surface area contributed by atoms with E-state index >= 15 is 0 Å². The maximum absolute atomic E-state index is 13.5. The van der Waals surface area contributed by atoms with Gasteiger partial charge < -0.3 is 10.2 Å². The minimum absolute atomic E-state index is 0.0324. The molecule has 3 aromatic carbocycles. The maximum Gasteiger partial charge on any atom is 0.243 e. The van der Waals surface area contributed by atoms with E-state index in [1.54, 1.807) is 4.90 Å². The zero-order chi connectivity index (χ0) is 23.6. The number of hydrogen-bond donors (Lipinski definition) is 1. The molecule has 174 valence electrons. The number of carbonyl (C=O) groups is 2. The summed E-state index contributed by atoms with van der Waals surface area (Å²) in [6.07, 6.45) is 3.23. The molecule has 4 nitrogen and oxygen atoms in total. The lowest BCUT2D eigenvalue weighted by Crippen LogP contribution is -2.51. The normalized spacial score (nSPS) is 12.8. The highest BCUT2D eigenvalue weighted by molar-refractivity contribution is 5.89. The topological polar surface area (TPSA) is 49.4 Å². The Kier molecular flexibility index (Phi) is 9.05. The van der Waals surface area contributed by atoms with E-state index in [0.29, 0.717) is 25.8 Å². The number of rotatable bonds is 11. The van der Waals surface area contributed by atoms with Gasteiger partial charge in [0, 0.05) is 19.0 Å². The quantitative estimate of drug-likeness (QED) is 0.422. The Labute approximate surface area is 198 Å². The van der Waals surface area contributed by atoms with Crippen molar-refractivity contribution in [3.05, 3.63) is 83.9 Å². The first-order valence-corrected chi connectivity index (χ1v) is 12.1. The fourth-order valence-electron chi connectivity index (χ4n) is 4.23. The molecule has 0 radical (unpaired) electrons. The minimum atomic E-state index is -0.456. The Morgan fingerprint density at radius 2 is 1.55 bits per heavy atom. The van der Waals surface area contributed by atoms with E-state index < -0.39 is 6.04 Å². The van der Waals surface area contributed by atoms with Crippen LogP contribution < -0.4 is 5.32 Å². The van der Waals surface area contributed by atoms with Gasteiger partial charge in [-0.1, -0.05) is 86.6 Å². The number of carbonyl (C=O) groups excluding carboxylic acids is 2. The molecule has 0 heterocycles. The third-order valence-electron chi connectivity index (χ3n) is 6.36. The molecule has 0 aliphatic heterocycles. The number of fused-ring (bicyclic) bond motifs is 1. The average Bonchev–Trinajstić information content (AvgIpc) is 2.85. The van der Waals surface area contributed by atoms with Gasteiger partial charge in [-0.2, -0.15) is 0 Å². The van der Waals surface area contributed by atoms with Gasteiger partial charge in [0.1, 0.15) is 6.04 Å². The van der Waals surface area contributed by atoms with Crippen molar-refractivity contribution in [3.8, 4) is 0 Å². The zero-order valence-electron chi connectivity index (χ0n) is 20.1. The van der Waals surface area contributed by atoms with E-state index in [9.17, 15) is 9.59 Å². The van der Waals surface area contributed by atoms with Crippen molar-refractivity contribution in [2.24, 2.45) is 0 Å². The van der Waals surface area contributed by atoms with Crippen LogP contribution in [0.1, 0.15) is 51.2 Å². The Balaban J connectivity index is 1.77. The first-order chi connectivity index (χ1) is 16.0. The standard InChI is InChI=1S/C29H36N2O2/c1-4-22(3)30-29(33)27(5-2)31(21-20-23-12-7-6-8-13-23)28(32)19-18-25-16-11-15-24-14-9-10-17-26(24)25/h6-17,22,27H,4-5,18-21H2,1-3H3,(H,30,33)/t22-,27-/m0/s1. The molecule has 2 amide bonds. The summed E-state index contributed by atoms with van der Waals surface area (Å²) in [4.78, 5) is 28.3. The predicted octanol–water partition coefficient (Wildman–Crippen LogP) is 5.54. The number of aryl methyl sites for hydroxylation is 1. The Hall–Kier alpha value is -3.14. The molecule has 0 saturated carbocycles. The van der Waals surface area contributed by atoms with E-state index in [1.165, 1.54) is 21.9 Å². The van der Waals surface area contributed by atoms with Crippen molar-refractivity contribution < 1.29 is 9.59 Å². The van der Waals surface area contributed by atoms with Crippen LogP contribution in [0.25, 0.3) is 10.8 Å². The molecule has 0 bridgehead atoms. The van der Waals surface area contributed by atoms with Crippen molar-refractivity contribution in [2.45, 2.75) is 65.0 Å². The Bertz CT molecular complexity index is 1040. The van der Waals surface area contributed by atoms with Crippen molar-refractivity contribution in [1.29, 1.82) is 0 Å². The van der Waals surface area contributed by atoms with Gasteiger partial charge in [-0.15, -0.1) is 0 Å². The summed E-state index contributed by atoms with van der Waals surface area (Å²) in [5.41, 5.74) is 2.34. The largest absolute Gasteiger partial charge is 0.352 e. The van der Waals surface area contributed by atoms with Gasteiger partial charge in [-0.25, -0.2) is 0 Å². The van der Waals surface area contributed by atoms with Crippen LogP contribution in [0, 0.1) is 0 Å². The molecule has 0 unspecified atom stereocenters. The lowest BCUT2D eigenvalue weighted by Gasteiger charge is -2.31. The summed E-state index contributed by atoms with van der Waals surface area (Å²) in [6, 6.07) is 24.3. The first kappa shape index (κ1) is 24.5. The molecule has 0 fully saturated rings. The van der Waals surface area contributed by atoms with Crippen molar-refractivity contribution in [1.82, 2.24) is 10.2 Å². The second kappa shape index (κ2) is 12.2. The summed E-state index contributed by atoms with van der Waals surface area (Å²) >= 11 is 0. The van der Waals surface area contributed by atoms with Crippen LogP contribution in [0.2, 0.25) is 0 Å². The van der Waals surface area contributed by atoms with Gasteiger partial charge in [0.05, 0.1) is 0 Å². The lowest BCUT2D eigenvalue weighted by molar-refractivity contribution is -0.141. The van der Waals surface area contributed by atoms with Crippen LogP contribution in [-0.4, -0.2) is 35.3 Å². The Morgan fingerprint density at radius 1 is 0.848 bits per heavy atom. The van der Waals surface area contributed by atoms with E-state index in [4.69, 9.17) is 0 Å². The van der Waals surface area contributed by atoms with E-state index in [1.807, 2.05) is 50.2 Å². The molecule has 3 aromatic rings. The maximum atomic E-state index is 13.5. The van der Waals surface area contributed by atoms with E-state index in [-0.39, 0.29) is 17.9 Å². The zero-order valence-corrected chi connectivity index (χ0v) is 20.1. The smallest absolute Gasteiger partial charge is 0.243 e. The highest BCUT2D eigenvalue weighted by Gasteiger charge is 2.28.